The zero-order valence-corrected chi connectivity index (χ0v) is 23.5. The Kier molecular flexibility index (Phi) is 21.6. The Balaban J connectivity index is 3.39. The maximum Gasteiger partial charge on any atom is 0.220 e. The molecule has 0 saturated carbocycles. The zero-order valence-electron chi connectivity index (χ0n) is 23.5. The average molecular weight is 467 g/mol. The highest BCUT2D eigenvalue weighted by molar-refractivity contribution is 5.76. The van der Waals surface area contributed by atoms with Crippen LogP contribution in [0.5, 0.6) is 0 Å². The highest BCUT2D eigenvalue weighted by Gasteiger charge is 2.28. The third kappa shape index (κ3) is 20.5. The topological polar surface area (TPSA) is 55.1 Å². The predicted octanol–water partition coefficient (Wildman–Crippen LogP) is 9.08. The monoisotopic (exact) mass is 466 g/mol. The molecule has 0 fully saturated rings. The Bertz CT molecular complexity index is 430. The molecule has 0 bridgehead atoms. The van der Waals surface area contributed by atoms with Gasteiger partial charge in [-0.1, -0.05) is 136 Å². The van der Waals surface area contributed by atoms with Gasteiger partial charge in [0.2, 0.25) is 5.91 Å². The number of nitrogens with two attached hydrogens (primary N) is 1. The summed E-state index contributed by atoms with van der Waals surface area (Å²) in [6.45, 7) is 10.7. The number of carbonyl (C=O) groups is 1. The Morgan fingerprint density at radius 3 is 1.30 bits per heavy atom. The van der Waals surface area contributed by atoms with Gasteiger partial charge in [0, 0.05) is 18.0 Å². The fourth-order valence-electron chi connectivity index (χ4n) is 4.74. The summed E-state index contributed by atoms with van der Waals surface area (Å²) in [4.78, 5) is 12.3. The number of carbonyl (C=O) groups excluding carboxylic acids is 1. The summed E-state index contributed by atoms with van der Waals surface area (Å²) in [6, 6.07) is 0.179. The highest BCUT2D eigenvalue weighted by Crippen LogP contribution is 2.20. The van der Waals surface area contributed by atoms with E-state index in [1.165, 1.54) is 116 Å². The lowest BCUT2D eigenvalue weighted by Gasteiger charge is -2.34. The third-order valence-corrected chi connectivity index (χ3v) is 7.57. The van der Waals surface area contributed by atoms with Crippen LogP contribution in [0.3, 0.4) is 0 Å². The van der Waals surface area contributed by atoms with Crippen LogP contribution in [-0.4, -0.2) is 17.5 Å². The van der Waals surface area contributed by atoms with Crippen molar-refractivity contribution in [2.24, 2.45) is 11.7 Å². The van der Waals surface area contributed by atoms with Crippen LogP contribution in [0.1, 0.15) is 169 Å². The van der Waals surface area contributed by atoms with Crippen molar-refractivity contribution in [3.8, 4) is 0 Å². The van der Waals surface area contributed by atoms with E-state index in [1.807, 2.05) is 13.8 Å². The van der Waals surface area contributed by atoms with Crippen molar-refractivity contribution >= 4 is 5.91 Å². The molecule has 198 valence electrons. The Morgan fingerprint density at radius 1 is 0.667 bits per heavy atom. The van der Waals surface area contributed by atoms with Crippen LogP contribution in [0, 0.1) is 5.92 Å². The van der Waals surface area contributed by atoms with Crippen LogP contribution in [-0.2, 0) is 4.79 Å². The van der Waals surface area contributed by atoms with Gasteiger partial charge < -0.3 is 11.1 Å². The molecule has 2 atom stereocenters. The normalized spacial score (nSPS) is 13.8. The van der Waals surface area contributed by atoms with E-state index < -0.39 is 0 Å². The van der Waals surface area contributed by atoms with Gasteiger partial charge in [-0.15, -0.1) is 0 Å². The molecule has 3 nitrogen and oxygen atoms in total. The van der Waals surface area contributed by atoms with Gasteiger partial charge in [-0.25, -0.2) is 0 Å². The number of hydrogen-bond acceptors (Lipinski definition) is 2. The molecular formula is C30H62N2O. The van der Waals surface area contributed by atoms with Crippen molar-refractivity contribution in [1.82, 2.24) is 5.32 Å². The van der Waals surface area contributed by atoms with Crippen molar-refractivity contribution in [2.45, 2.75) is 181 Å². The molecule has 0 aromatic carbocycles. The van der Waals surface area contributed by atoms with E-state index in [1.54, 1.807) is 0 Å². The maximum absolute atomic E-state index is 12.3. The maximum atomic E-state index is 12.3. The van der Waals surface area contributed by atoms with E-state index in [-0.39, 0.29) is 23.4 Å². The van der Waals surface area contributed by atoms with Crippen LogP contribution >= 0.6 is 0 Å². The lowest BCUT2D eigenvalue weighted by Crippen LogP contribution is -2.51. The fourth-order valence-corrected chi connectivity index (χ4v) is 4.74. The highest BCUT2D eigenvalue weighted by atomic mass is 16.1. The summed E-state index contributed by atoms with van der Waals surface area (Å²) >= 11 is 0. The summed E-state index contributed by atoms with van der Waals surface area (Å²) in [5, 5.41) is 3.21. The molecule has 0 saturated heterocycles. The summed E-state index contributed by atoms with van der Waals surface area (Å²) in [5.74, 6) is 0.474. The smallest absolute Gasteiger partial charge is 0.220 e. The van der Waals surface area contributed by atoms with Crippen LogP contribution in [0.15, 0.2) is 0 Å². The van der Waals surface area contributed by atoms with Gasteiger partial charge in [0.1, 0.15) is 0 Å². The molecule has 0 aliphatic rings. The summed E-state index contributed by atoms with van der Waals surface area (Å²) < 4.78 is 0. The van der Waals surface area contributed by atoms with Crippen molar-refractivity contribution in [3.63, 3.8) is 0 Å². The first-order valence-corrected chi connectivity index (χ1v) is 14.9. The molecule has 2 unspecified atom stereocenters. The second-order valence-electron chi connectivity index (χ2n) is 11.3. The van der Waals surface area contributed by atoms with E-state index in [4.69, 9.17) is 5.73 Å². The van der Waals surface area contributed by atoms with Gasteiger partial charge in [0.25, 0.3) is 0 Å². The zero-order chi connectivity index (χ0) is 24.8. The van der Waals surface area contributed by atoms with Crippen LogP contribution < -0.4 is 11.1 Å². The molecule has 0 aromatic heterocycles. The molecule has 0 spiro atoms. The molecule has 3 heteroatoms. The molecular weight excluding hydrogens is 404 g/mol. The van der Waals surface area contributed by atoms with Crippen LogP contribution in [0.2, 0.25) is 0 Å². The minimum atomic E-state index is -0.263. The lowest BCUT2D eigenvalue weighted by atomic mass is 9.83. The van der Waals surface area contributed by atoms with E-state index >= 15 is 0 Å². The predicted molar refractivity (Wildman–Crippen MR) is 148 cm³/mol. The van der Waals surface area contributed by atoms with Crippen molar-refractivity contribution < 1.29 is 4.79 Å². The largest absolute Gasteiger partial charge is 0.353 e. The summed E-state index contributed by atoms with van der Waals surface area (Å²) in [7, 11) is 0. The number of amides is 1. The van der Waals surface area contributed by atoms with Crippen molar-refractivity contribution in [2.75, 3.05) is 0 Å². The second kappa shape index (κ2) is 21.9. The standard InChI is InChI=1S/C30H62N2O/c1-6-8-9-10-11-12-13-14-15-16-17-18-19-20-21-22-23-24-25-26-29(33)32-28(7-2)27(3)30(4,5)31/h27-28H,6-26,31H2,1-5H3,(H,32,33). The summed E-state index contributed by atoms with van der Waals surface area (Å²) in [5.41, 5.74) is 5.97. The molecule has 1 amide bonds. The first kappa shape index (κ1) is 32.4. The van der Waals surface area contributed by atoms with Gasteiger partial charge >= 0.3 is 0 Å². The molecule has 0 heterocycles. The van der Waals surface area contributed by atoms with E-state index in [0.29, 0.717) is 6.42 Å². The molecule has 0 aromatic rings. The average Bonchev–Trinajstić information content (AvgIpc) is 2.77. The van der Waals surface area contributed by atoms with Gasteiger partial charge in [-0.2, -0.15) is 0 Å². The Morgan fingerprint density at radius 2 is 1.00 bits per heavy atom. The minimum absolute atomic E-state index is 0.179. The van der Waals surface area contributed by atoms with Gasteiger partial charge in [0.15, 0.2) is 0 Å². The Labute approximate surface area is 208 Å². The lowest BCUT2D eigenvalue weighted by molar-refractivity contribution is -0.122. The molecule has 0 aliphatic carbocycles. The van der Waals surface area contributed by atoms with E-state index in [2.05, 4.69) is 26.1 Å². The minimum Gasteiger partial charge on any atom is -0.353 e. The molecule has 3 N–H and O–H groups in total. The van der Waals surface area contributed by atoms with E-state index in [9.17, 15) is 4.79 Å². The molecule has 0 aliphatic heterocycles. The number of rotatable bonds is 24. The van der Waals surface area contributed by atoms with Gasteiger partial charge in [0.05, 0.1) is 0 Å². The quantitative estimate of drug-likeness (QED) is 0.139. The van der Waals surface area contributed by atoms with Crippen molar-refractivity contribution in [3.05, 3.63) is 0 Å². The van der Waals surface area contributed by atoms with Crippen LogP contribution in [0.25, 0.3) is 0 Å². The third-order valence-electron chi connectivity index (χ3n) is 7.57. The fraction of sp³-hybridized carbons (Fsp3) is 0.967. The first-order valence-electron chi connectivity index (χ1n) is 14.9. The first-order chi connectivity index (χ1) is 15.8. The summed E-state index contributed by atoms with van der Waals surface area (Å²) in [6.07, 6.45) is 27.8. The number of hydrogen-bond donors (Lipinski definition) is 2. The van der Waals surface area contributed by atoms with E-state index in [0.717, 1.165) is 12.8 Å². The van der Waals surface area contributed by atoms with Gasteiger partial charge in [-0.05, 0) is 32.6 Å². The number of unbranched alkanes of at least 4 members (excludes halogenated alkanes) is 18. The van der Waals surface area contributed by atoms with Gasteiger partial charge in [-0.3, -0.25) is 4.79 Å². The molecule has 0 radical (unpaired) electrons. The molecule has 33 heavy (non-hydrogen) atoms. The SMILES string of the molecule is CCCCCCCCCCCCCCCCCCCCCC(=O)NC(CC)C(C)C(C)(C)N. The second-order valence-corrected chi connectivity index (χ2v) is 11.3. The number of nitrogens with one attached hydrogen (secondary N) is 1. The molecule has 0 rings (SSSR count). The van der Waals surface area contributed by atoms with Crippen LogP contribution in [0.4, 0.5) is 0 Å². The Hall–Kier alpha value is -0.570. The van der Waals surface area contributed by atoms with Crippen molar-refractivity contribution in [1.29, 1.82) is 0 Å².